The number of hydrogen-bond donors (Lipinski definition) is 0. The molecule has 3 heterocycles. The number of likely N-dealkylation sites (tertiary alicyclic amines) is 1. The van der Waals surface area contributed by atoms with Crippen LogP contribution in [-0.2, 0) is 16.8 Å². The van der Waals surface area contributed by atoms with E-state index in [2.05, 4.69) is 77.5 Å². The molecular weight excluding hydrogens is 430 g/mol. The monoisotopic (exact) mass is 459 g/mol. The first-order valence-electron chi connectivity index (χ1n) is 12.4. The lowest BCUT2D eigenvalue weighted by Crippen LogP contribution is -2.47. The van der Waals surface area contributed by atoms with E-state index in [-0.39, 0.29) is 5.91 Å². The van der Waals surface area contributed by atoms with E-state index in [9.17, 15) is 4.79 Å². The quantitative estimate of drug-likeness (QED) is 0.361. The second-order valence-electron chi connectivity index (χ2n) is 9.70. The first-order chi connectivity index (χ1) is 17.2. The van der Waals surface area contributed by atoms with Gasteiger partial charge in [-0.15, -0.1) is 0 Å². The maximum Gasteiger partial charge on any atom is 0.242 e. The first-order valence-corrected chi connectivity index (χ1v) is 12.4. The van der Waals surface area contributed by atoms with Crippen molar-refractivity contribution in [3.8, 4) is 11.1 Å². The third-order valence-corrected chi connectivity index (χ3v) is 7.69. The van der Waals surface area contributed by atoms with Crippen LogP contribution >= 0.6 is 0 Å². The number of amides is 1. The summed E-state index contributed by atoms with van der Waals surface area (Å²) in [7, 11) is 0. The fourth-order valence-electron chi connectivity index (χ4n) is 5.70. The molecule has 174 valence electrons. The Morgan fingerprint density at radius 1 is 0.829 bits per heavy atom. The summed E-state index contributed by atoms with van der Waals surface area (Å²) in [6.45, 7) is 4.72. The van der Waals surface area contributed by atoms with Crippen LogP contribution in [0.1, 0.15) is 29.7 Å². The van der Waals surface area contributed by atoms with E-state index in [4.69, 9.17) is 0 Å². The molecule has 1 amide bonds. The molecule has 4 aromatic rings. The number of aromatic nitrogens is 1. The van der Waals surface area contributed by atoms with Crippen LogP contribution in [0, 0.1) is 6.92 Å². The average molecular weight is 460 g/mol. The number of para-hydroxylation sites is 1. The maximum absolute atomic E-state index is 14.2. The Hall–Kier alpha value is -3.76. The Labute approximate surface area is 206 Å². The summed E-state index contributed by atoms with van der Waals surface area (Å²) in [5, 5.41) is 0. The zero-order valence-electron chi connectivity index (χ0n) is 20.0. The van der Waals surface area contributed by atoms with E-state index < -0.39 is 5.41 Å². The minimum absolute atomic E-state index is 0.206. The Bertz CT molecular complexity index is 1370. The summed E-state index contributed by atoms with van der Waals surface area (Å²) in [6, 6.07) is 31.2. The number of nitrogens with zero attached hydrogens (tertiary/aromatic N) is 3. The van der Waals surface area contributed by atoms with E-state index in [0.717, 1.165) is 60.7 Å². The van der Waals surface area contributed by atoms with Gasteiger partial charge in [-0.3, -0.25) is 19.6 Å². The Morgan fingerprint density at radius 3 is 2.37 bits per heavy atom. The number of pyridine rings is 1. The fourth-order valence-corrected chi connectivity index (χ4v) is 5.70. The van der Waals surface area contributed by atoms with Gasteiger partial charge in [0.1, 0.15) is 0 Å². The number of carbonyl (C=O) groups excluding carboxylic acids is 1. The zero-order valence-corrected chi connectivity index (χ0v) is 20.0. The van der Waals surface area contributed by atoms with Gasteiger partial charge in [-0.1, -0.05) is 66.7 Å². The fraction of sp³-hybridized carbons (Fsp3) is 0.226. The minimum Gasteiger partial charge on any atom is -0.297 e. The molecule has 6 rings (SSSR count). The molecule has 1 spiro atoms. The lowest BCUT2D eigenvalue weighted by atomic mass is 9.73. The number of piperidine rings is 1. The summed E-state index contributed by atoms with van der Waals surface area (Å²) in [5.74, 6) is 0.206. The van der Waals surface area contributed by atoms with Crippen LogP contribution in [0.2, 0.25) is 0 Å². The zero-order chi connectivity index (χ0) is 23.8. The maximum atomic E-state index is 14.2. The van der Waals surface area contributed by atoms with Crippen molar-refractivity contribution in [2.24, 2.45) is 0 Å². The molecular formula is C31H29N3O. The molecule has 35 heavy (non-hydrogen) atoms. The van der Waals surface area contributed by atoms with Gasteiger partial charge in [0.2, 0.25) is 5.91 Å². The molecule has 3 aromatic carbocycles. The van der Waals surface area contributed by atoms with Gasteiger partial charge in [-0.25, -0.2) is 0 Å². The standard InChI is InChI=1S/C31H29N3O/c1-23-9-8-18-32-28(23)22-33-19-16-31(17-20-33)27-14-5-6-15-29(27)34(30(31)35)26-13-7-12-25(21-26)24-10-3-2-4-11-24/h2-15,18,21H,16-17,19-20,22H2,1H3. The van der Waals surface area contributed by atoms with Gasteiger partial charge in [0.15, 0.2) is 0 Å². The van der Waals surface area contributed by atoms with Crippen molar-refractivity contribution in [3.63, 3.8) is 0 Å². The summed E-state index contributed by atoms with van der Waals surface area (Å²) in [4.78, 5) is 23.2. The van der Waals surface area contributed by atoms with Crippen molar-refractivity contribution in [3.05, 3.63) is 114 Å². The van der Waals surface area contributed by atoms with Crippen LogP contribution < -0.4 is 4.90 Å². The molecule has 0 N–H and O–H groups in total. The molecule has 1 aromatic heterocycles. The molecule has 4 nitrogen and oxygen atoms in total. The van der Waals surface area contributed by atoms with Crippen molar-refractivity contribution in [1.29, 1.82) is 0 Å². The largest absolute Gasteiger partial charge is 0.297 e. The summed E-state index contributed by atoms with van der Waals surface area (Å²) in [6.07, 6.45) is 3.51. The van der Waals surface area contributed by atoms with Crippen molar-refractivity contribution >= 4 is 17.3 Å². The molecule has 0 unspecified atom stereocenters. The number of benzene rings is 3. The molecule has 4 heteroatoms. The van der Waals surface area contributed by atoms with Crippen LogP contribution in [-0.4, -0.2) is 28.9 Å². The summed E-state index contributed by atoms with van der Waals surface area (Å²) < 4.78 is 0. The van der Waals surface area contributed by atoms with Crippen LogP contribution in [0.4, 0.5) is 11.4 Å². The number of hydrogen-bond acceptors (Lipinski definition) is 3. The second kappa shape index (κ2) is 8.79. The predicted molar refractivity (Wildman–Crippen MR) is 141 cm³/mol. The van der Waals surface area contributed by atoms with Gasteiger partial charge >= 0.3 is 0 Å². The third-order valence-electron chi connectivity index (χ3n) is 7.69. The topological polar surface area (TPSA) is 36.4 Å². The van der Waals surface area contributed by atoms with Gasteiger partial charge in [-0.2, -0.15) is 0 Å². The SMILES string of the molecule is Cc1cccnc1CN1CCC2(CC1)C(=O)N(c1cccc(-c3ccccc3)c1)c1ccccc12. The average Bonchev–Trinajstić information content (AvgIpc) is 3.15. The molecule has 2 aliphatic rings. The Kier molecular flexibility index (Phi) is 5.46. The normalized spacial score (nSPS) is 17.1. The van der Waals surface area contributed by atoms with E-state index in [1.54, 1.807) is 0 Å². The molecule has 1 fully saturated rings. The second-order valence-corrected chi connectivity index (χ2v) is 9.70. The van der Waals surface area contributed by atoms with Crippen LogP contribution in [0.15, 0.2) is 97.2 Å². The van der Waals surface area contributed by atoms with Crippen molar-refractivity contribution < 1.29 is 4.79 Å². The van der Waals surface area contributed by atoms with Gasteiger partial charge in [-0.05, 0) is 79.4 Å². The molecule has 0 atom stereocenters. The predicted octanol–water partition coefficient (Wildman–Crippen LogP) is 6.27. The van der Waals surface area contributed by atoms with Gasteiger partial charge in [0.25, 0.3) is 0 Å². The first kappa shape index (κ1) is 21.8. The molecule has 1 saturated heterocycles. The van der Waals surface area contributed by atoms with Crippen molar-refractivity contribution in [2.75, 3.05) is 18.0 Å². The molecule has 0 saturated carbocycles. The molecule has 0 radical (unpaired) electrons. The molecule has 0 bridgehead atoms. The van der Waals surface area contributed by atoms with E-state index in [1.165, 1.54) is 11.1 Å². The number of rotatable bonds is 4. The minimum atomic E-state index is -0.463. The number of carbonyl (C=O) groups is 1. The summed E-state index contributed by atoms with van der Waals surface area (Å²) >= 11 is 0. The molecule has 2 aliphatic heterocycles. The highest BCUT2D eigenvalue weighted by Gasteiger charge is 2.52. The molecule has 0 aliphatic carbocycles. The van der Waals surface area contributed by atoms with Crippen LogP contribution in [0.25, 0.3) is 11.1 Å². The third kappa shape index (κ3) is 3.75. The smallest absolute Gasteiger partial charge is 0.242 e. The van der Waals surface area contributed by atoms with E-state index >= 15 is 0 Å². The van der Waals surface area contributed by atoms with Crippen molar-refractivity contribution in [2.45, 2.75) is 31.7 Å². The van der Waals surface area contributed by atoms with Crippen LogP contribution in [0.3, 0.4) is 0 Å². The van der Waals surface area contributed by atoms with E-state index in [1.807, 2.05) is 41.4 Å². The van der Waals surface area contributed by atoms with Gasteiger partial charge in [0, 0.05) is 18.4 Å². The lowest BCUT2D eigenvalue weighted by molar-refractivity contribution is -0.124. The van der Waals surface area contributed by atoms with Gasteiger partial charge in [0.05, 0.1) is 16.8 Å². The van der Waals surface area contributed by atoms with Crippen molar-refractivity contribution in [1.82, 2.24) is 9.88 Å². The number of anilines is 2. The summed E-state index contributed by atoms with van der Waals surface area (Å²) in [5.41, 5.74) is 7.29. The Balaban J connectivity index is 1.31. The highest BCUT2D eigenvalue weighted by Crippen LogP contribution is 2.50. The Morgan fingerprint density at radius 2 is 1.57 bits per heavy atom. The van der Waals surface area contributed by atoms with Crippen LogP contribution in [0.5, 0.6) is 0 Å². The lowest BCUT2D eigenvalue weighted by Gasteiger charge is -2.38. The number of aryl methyl sites for hydroxylation is 1. The highest BCUT2D eigenvalue weighted by atomic mass is 16.2. The highest BCUT2D eigenvalue weighted by molar-refractivity contribution is 6.13. The van der Waals surface area contributed by atoms with E-state index in [0.29, 0.717) is 0 Å². The number of fused-ring (bicyclic) bond motifs is 2. The van der Waals surface area contributed by atoms with Gasteiger partial charge < -0.3 is 0 Å².